The van der Waals surface area contributed by atoms with E-state index in [-0.39, 0.29) is 18.3 Å². The third kappa shape index (κ3) is 5.45. The lowest BCUT2D eigenvalue weighted by Gasteiger charge is -2.42. The fraction of sp³-hybridized carbons (Fsp3) is 0.429. The molecule has 1 fully saturated rings. The van der Waals surface area contributed by atoms with Gasteiger partial charge in [-0.3, -0.25) is 9.78 Å². The summed E-state index contributed by atoms with van der Waals surface area (Å²) >= 11 is 0. The van der Waals surface area contributed by atoms with Crippen molar-refractivity contribution in [2.45, 2.75) is 18.3 Å². The third-order valence-electron chi connectivity index (χ3n) is 5.20. The topological polar surface area (TPSA) is 75.1 Å². The number of halogens is 3. The maximum Gasteiger partial charge on any atom is 0.416 e. The van der Waals surface area contributed by atoms with Crippen LogP contribution in [-0.2, 0) is 11.0 Å². The molecule has 0 bridgehead atoms. The first-order valence-electron chi connectivity index (χ1n) is 9.64. The molecule has 1 aromatic heterocycles. The van der Waals surface area contributed by atoms with Crippen molar-refractivity contribution in [2.24, 2.45) is 0 Å². The zero-order valence-corrected chi connectivity index (χ0v) is 17.2. The van der Waals surface area contributed by atoms with Crippen molar-refractivity contribution in [3.05, 3.63) is 53.9 Å². The number of hydrogen-bond donors (Lipinski definition) is 1. The predicted octanol–water partition coefficient (Wildman–Crippen LogP) is 2.36. The van der Waals surface area contributed by atoms with E-state index in [2.05, 4.69) is 4.98 Å². The largest absolute Gasteiger partial charge is 0.496 e. The van der Waals surface area contributed by atoms with Crippen LogP contribution >= 0.6 is 0 Å². The summed E-state index contributed by atoms with van der Waals surface area (Å²) in [5.41, 5.74) is -0.328. The molecule has 0 aliphatic carbocycles. The van der Waals surface area contributed by atoms with Gasteiger partial charge in [-0.25, -0.2) is 0 Å². The van der Waals surface area contributed by atoms with E-state index in [1.54, 1.807) is 12.3 Å². The zero-order valence-electron chi connectivity index (χ0n) is 17.2. The Hall–Kier alpha value is -2.85. The Bertz CT molecular complexity index is 892. The summed E-state index contributed by atoms with van der Waals surface area (Å²) in [6.07, 6.45) is -2.44. The number of piperazine rings is 1. The average Bonchev–Trinajstić information content (AvgIpc) is 2.76. The first-order valence-corrected chi connectivity index (χ1v) is 9.64. The maximum atomic E-state index is 12.8. The van der Waals surface area contributed by atoms with Crippen molar-refractivity contribution in [3.8, 4) is 11.5 Å². The van der Waals surface area contributed by atoms with E-state index in [9.17, 15) is 23.1 Å². The van der Waals surface area contributed by atoms with Gasteiger partial charge in [0.15, 0.2) is 6.61 Å². The summed E-state index contributed by atoms with van der Waals surface area (Å²) in [6, 6.07) is 5.21. The molecule has 10 heteroatoms. The molecule has 0 saturated carbocycles. The Morgan fingerprint density at radius 3 is 2.61 bits per heavy atom. The number of hydrogen-bond acceptors (Lipinski definition) is 6. The van der Waals surface area contributed by atoms with Crippen LogP contribution in [0.3, 0.4) is 0 Å². The Morgan fingerprint density at radius 1 is 1.26 bits per heavy atom. The average molecular weight is 439 g/mol. The normalized spacial score (nSPS) is 18.5. The molecule has 1 aromatic carbocycles. The molecule has 2 aromatic rings. The van der Waals surface area contributed by atoms with Crippen molar-refractivity contribution in [1.82, 2.24) is 14.8 Å². The van der Waals surface area contributed by atoms with Crippen molar-refractivity contribution < 1.29 is 32.5 Å². The van der Waals surface area contributed by atoms with Crippen molar-refractivity contribution >= 4 is 5.91 Å². The van der Waals surface area contributed by atoms with Gasteiger partial charge in [0.05, 0.1) is 18.7 Å². The minimum absolute atomic E-state index is 0.154. The summed E-state index contributed by atoms with van der Waals surface area (Å²) in [7, 11) is 3.38. The molecule has 2 atom stereocenters. The number of ether oxygens (including phenoxy) is 2. The van der Waals surface area contributed by atoms with Crippen LogP contribution in [0.4, 0.5) is 13.2 Å². The highest BCUT2D eigenvalue weighted by Crippen LogP contribution is 2.31. The molecular formula is C21H24F3N3O4. The van der Waals surface area contributed by atoms with E-state index in [1.165, 1.54) is 30.3 Å². The molecule has 1 N–H and O–H groups in total. The van der Waals surface area contributed by atoms with Gasteiger partial charge in [0.25, 0.3) is 5.91 Å². The smallest absolute Gasteiger partial charge is 0.416 e. The molecular weight excluding hydrogens is 415 g/mol. The second-order valence-electron chi connectivity index (χ2n) is 7.29. The highest BCUT2D eigenvalue weighted by molar-refractivity contribution is 5.78. The summed E-state index contributed by atoms with van der Waals surface area (Å²) in [4.78, 5) is 20.4. The molecule has 1 unspecified atom stereocenters. The Balaban J connectivity index is 1.70. The van der Waals surface area contributed by atoms with Crippen molar-refractivity contribution in [2.75, 3.05) is 40.4 Å². The first kappa shape index (κ1) is 22.8. The number of aliphatic hydroxyl groups excluding tert-OH is 1. The molecule has 1 saturated heterocycles. The molecule has 0 radical (unpaired) electrons. The van der Waals surface area contributed by atoms with Crippen LogP contribution in [0.2, 0.25) is 0 Å². The molecule has 1 aliphatic heterocycles. The van der Waals surface area contributed by atoms with Crippen molar-refractivity contribution in [3.63, 3.8) is 0 Å². The van der Waals surface area contributed by atoms with Gasteiger partial charge in [0.1, 0.15) is 17.6 Å². The highest BCUT2D eigenvalue weighted by Gasteiger charge is 2.36. The van der Waals surface area contributed by atoms with E-state index < -0.39 is 23.9 Å². The monoisotopic (exact) mass is 439 g/mol. The van der Waals surface area contributed by atoms with E-state index in [0.29, 0.717) is 30.9 Å². The Labute approximate surface area is 178 Å². The fourth-order valence-electron chi connectivity index (χ4n) is 3.51. The van der Waals surface area contributed by atoms with Gasteiger partial charge in [0, 0.05) is 37.6 Å². The number of aromatic nitrogens is 1. The number of methoxy groups -OCH3 is 1. The second-order valence-corrected chi connectivity index (χ2v) is 7.29. The van der Waals surface area contributed by atoms with Crippen LogP contribution in [0.25, 0.3) is 0 Å². The number of alkyl halides is 3. The Kier molecular flexibility index (Phi) is 7.01. The number of nitrogens with zero attached hydrogens (tertiary/aromatic N) is 3. The fourth-order valence-corrected chi connectivity index (χ4v) is 3.51. The predicted molar refractivity (Wildman–Crippen MR) is 106 cm³/mol. The standard InChI is InChI=1S/C21H24F3N3O4/c1-26-9-10-27(17(12-26)20(29)16-11-25-8-7-18(16)30-2)19(28)13-31-15-5-3-14(4-6-15)21(22,23)24/h3-8,11,17,20,29H,9-10,12-13H2,1-2H3/t17-,20?/m1/s1. The number of rotatable bonds is 6. The number of benzene rings is 1. The van der Waals surface area contributed by atoms with E-state index in [1.807, 2.05) is 11.9 Å². The molecule has 3 rings (SSSR count). The molecule has 31 heavy (non-hydrogen) atoms. The Morgan fingerprint density at radius 2 is 1.97 bits per heavy atom. The van der Waals surface area contributed by atoms with E-state index in [4.69, 9.17) is 9.47 Å². The van der Waals surface area contributed by atoms with E-state index >= 15 is 0 Å². The van der Waals surface area contributed by atoms with Crippen LogP contribution in [-0.4, -0.2) is 72.2 Å². The van der Waals surface area contributed by atoms with Gasteiger partial charge in [-0.15, -0.1) is 0 Å². The number of carbonyl (C=O) groups is 1. The molecule has 1 amide bonds. The van der Waals surface area contributed by atoms with Gasteiger partial charge in [-0.2, -0.15) is 13.2 Å². The van der Waals surface area contributed by atoms with Crippen LogP contribution in [0.15, 0.2) is 42.7 Å². The van der Waals surface area contributed by atoms with Gasteiger partial charge in [-0.05, 0) is 37.4 Å². The minimum Gasteiger partial charge on any atom is -0.496 e. The molecule has 1 aliphatic rings. The summed E-state index contributed by atoms with van der Waals surface area (Å²) in [6.45, 7) is 1.04. The quantitative estimate of drug-likeness (QED) is 0.745. The summed E-state index contributed by atoms with van der Waals surface area (Å²) in [5.74, 6) is 0.241. The molecule has 168 valence electrons. The van der Waals surface area contributed by atoms with Crippen LogP contribution in [0.5, 0.6) is 11.5 Å². The first-order chi connectivity index (χ1) is 14.7. The number of likely N-dealkylation sites (N-methyl/N-ethyl adjacent to an activating group) is 1. The number of pyridine rings is 1. The lowest BCUT2D eigenvalue weighted by Crippen LogP contribution is -2.57. The molecule has 7 nitrogen and oxygen atoms in total. The third-order valence-corrected chi connectivity index (χ3v) is 5.20. The SMILES string of the molecule is COc1ccncc1C(O)[C@H]1CN(C)CCN1C(=O)COc1ccc(C(F)(F)F)cc1. The maximum absolute atomic E-state index is 12.8. The second kappa shape index (κ2) is 9.52. The highest BCUT2D eigenvalue weighted by atomic mass is 19.4. The van der Waals surface area contributed by atoms with Gasteiger partial charge in [0.2, 0.25) is 0 Å². The van der Waals surface area contributed by atoms with Crippen LogP contribution in [0, 0.1) is 0 Å². The van der Waals surface area contributed by atoms with Crippen LogP contribution < -0.4 is 9.47 Å². The van der Waals surface area contributed by atoms with Gasteiger partial charge in [-0.1, -0.05) is 0 Å². The summed E-state index contributed by atoms with van der Waals surface area (Å²) < 4.78 is 48.7. The molecule has 2 heterocycles. The van der Waals surface area contributed by atoms with Gasteiger partial charge >= 0.3 is 6.18 Å². The number of carbonyl (C=O) groups excluding carboxylic acids is 1. The van der Waals surface area contributed by atoms with Crippen molar-refractivity contribution in [1.29, 1.82) is 0 Å². The number of amides is 1. The minimum atomic E-state index is -4.44. The van der Waals surface area contributed by atoms with E-state index in [0.717, 1.165) is 12.1 Å². The lowest BCUT2D eigenvalue weighted by atomic mass is 9.99. The lowest BCUT2D eigenvalue weighted by molar-refractivity contribution is -0.142. The van der Waals surface area contributed by atoms with Crippen LogP contribution in [0.1, 0.15) is 17.2 Å². The number of aliphatic hydroxyl groups is 1. The summed E-state index contributed by atoms with van der Waals surface area (Å²) in [5, 5.41) is 11.0. The molecule has 0 spiro atoms. The van der Waals surface area contributed by atoms with Gasteiger partial charge < -0.3 is 24.4 Å². The zero-order chi connectivity index (χ0) is 22.6.